The highest BCUT2D eigenvalue weighted by molar-refractivity contribution is 6.08. The zero-order valence-corrected chi connectivity index (χ0v) is 13.7. The summed E-state index contributed by atoms with van der Waals surface area (Å²) in [6.45, 7) is 2.76. The molecular formula is C16H17ClN4O2. The first-order valence-corrected chi connectivity index (χ1v) is 6.87. The summed E-state index contributed by atoms with van der Waals surface area (Å²) in [6.07, 6.45) is 1.83. The van der Waals surface area contributed by atoms with Crippen LogP contribution >= 0.6 is 12.4 Å². The van der Waals surface area contributed by atoms with Crippen LogP contribution in [0.25, 0.3) is 0 Å². The predicted molar refractivity (Wildman–Crippen MR) is 90.6 cm³/mol. The zero-order chi connectivity index (χ0) is 15.7. The minimum atomic E-state index is 0. The molecule has 0 radical (unpaired) electrons. The van der Waals surface area contributed by atoms with E-state index >= 15 is 0 Å². The molecule has 0 unspecified atom stereocenters. The molecule has 1 aromatic rings. The maximum atomic E-state index is 9.48. The summed E-state index contributed by atoms with van der Waals surface area (Å²) in [7, 11) is 1.59. The first-order valence-electron chi connectivity index (χ1n) is 6.87. The fourth-order valence-electron chi connectivity index (χ4n) is 2.60. The number of nitrogens with two attached hydrogens (primary N) is 1. The van der Waals surface area contributed by atoms with Gasteiger partial charge in [-0.3, -0.25) is 0 Å². The zero-order valence-electron chi connectivity index (χ0n) is 12.9. The van der Waals surface area contributed by atoms with Gasteiger partial charge in [0.05, 0.1) is 26.0 Å². The number of benzene rings is 1. The summed E-state index contributed by atoms with van der Waals surface area (Å²) in [6, 6.07) is 7.86. The van der Waals surface area contributed by atoms with Gasteiger partial charge in [-0.15, -0.1) is 12.4 Å². The van der Waals surface area contributed by atoms with Crippen molar-refractivity contribution in [2.24, 2.45) is 10.8 Å². The van der Waals surface area contributed by atoms with Gasteiger partial charge in [-0.25, -0.2) is 5.01 Å². The van der Waals surface area contributed by atoms with Crippen LogP contribution in [0.3, 0.4) is 0 Å². The van der Waals surface area contributed by atoms with Gasteiger partial charge in [0.1, 0.15) is 28.9 Å². The number of hydrogen-bond acceptors (Lipinski definition) is 6. The highest BCUT2D eigenvalue weighted by Gasteiger charge is 2.29. The number of nitrogens with zero attached hydrogens (tertiary/aromatic N) is 3. The van der Waals surface area contributed by atoms with E-state index in [4.69, 9.17) is 15.2 Å². The largest absolute Gasteiger partial charge is 0.494 e. The normalized spacial score (nSPS) is 16.7. The van der Waals surface area contributed by atoms with Crippen LogP contribution in [0.15, 0.2) is 46.3 Å². The summed E-state index contributed by atoms with van der Waals surface area (Å²) < 4.78 is 10.8. The monoisotopic (exact) mass is 332 g/mol. The number of ether oxygens (including phenoxy) is 2. The Balaban J connectivity index is 0.00000192. The Kier molecular flexibility index (Phi) is 4.94. The van der Waals surface area contributed by atoms with Gasteiger partial charge in [-0.1, -0.05) is 12.1 Å². The molecule has 0 atom stereocenters. The van der Waals surface area contributed by atoms with Gasteiger partial charge >= 0.3 is 0 Å². The molecular weight excluding hydrogens is 316 g/mol. The molecule has 120 valence electrons. The molecule has 0 spiro atoms. The third-order valence-corrected chi connectivity index (χ3v) is 3.67. The van der Waals surface area contributed by atoms with Gasteiger partial charge < -0.3 is 15.2 Å². The molecule has 0 aliphatic carbocycles. The lowest BCUT2D eigenvalue weighted by molar-refractivity contribution is 0.199. The van der Waals surface area contributed by atoms with E-state index in [0.717, 1.165) is 16.8 Å². The highest BCUT2D eigenvalue weighted by atomic mass is 35.5. The van der Waals surface area contributed by atoms with Gasteiger partial charge in [0.25, 0.3) is 0 Å². The number of methoxy groups -OCH3 is 1. The van der Waals surface area contributed by atoms with Crippen LogP contribution in [-0.2, 0) is 4.74 Å². The molecule has 0 saturated carbocycles. The van der Waals surface area contributed by atoms with E-state index in [9.17, 15) is 5.26 Å². The molecule has 2 aliphatic heterocycles. The molecule has 0 amide bonds. The summed E-state index contributed by atoms with van der Waals surface area (Å²) in [5, 5.41) is 15.6. The fourth-order valence-corrected chi connectivity index (χ4v) is 2.60. The molecule has 2 N–H and O–H groups in total. The van der Waals surface area contributed by atoms with E-state index < -0.39 is 0 Å². The van der Waals surface area contributed by atoms with Crippen molar-refractivity contribution in [3.05, 3.63) is 46.8 Å². The van der Waals surface area contributed by atoms with Crippen LogP contribution < -0.4 is 15.5 Å². The maximum Gasteiger partial charge on any atom is 0.144 e. The van der Waals surface area contributed by atoms with Crippen molar-refractivity contribution < 1.29 is 9.47 Å². The number of aryl methyl sites for hydroxylation is 1. The van der Waals surface area contributed by atoms with Gasteiger partial charge in [-0.2, -0.15) is 10.4 Å². The van der Waals surface area contributed by atoms with Crippen molar-refractivity contribution >= 4 is 23.8 Å². The number of rotatable bonds is 2. The number of halogens is 1. The molecule has 0 saturated heterocycles. The second-order valence-corrected chi connectivity index (χ2v) is 4.99. The van der Waals surface area contributed by atoms with Gasteiger partial charge in [0.15, 0.2) is 0 Å². The highest BCUT2D eigenvalue weighted by Crippen LogP contribution is 2.37. The lowest BCUT2D eigenvalue weighted by Crippen LogP contribution is -2.35. The molecule has 6 nitrogen and oxygen atoms in total. The van der Waals surface area contributed by atoms with Crippen LogP contribution in [0.5, 0.6) is 5.75 Å². The van der Waals surface area contributed by atoms with Crippen LogP contribution in [0.1, 0.15) is 5.56 Å². The number of anilines is 1. The Labute approximate surface area is 140 Å². The SMILES string of the molecule is COc1cccc(C)c1N1N=C2COCC=C2C(C#N)=C1N.Cl. The van der Waals surface area contributed by atoms with Crippen LogP contribution in [0.4, 0.5) is 5.69 Å². The second-order valence-electron chi connectivity index (χ2n) is 4.99. The Morgan fingerprint density at radius 1 is 1.43 bits per heavy atom. The van der Waals surface area contributed by atoms with E-state index in [0.29, 0.717) is 36.1 Å². The molecule has 23 heavy (non-hydrogen) atoms. The first kappa shape index (κ1) is 16.9. The predicted octanol–water partition coefficient (Wildman–Crippen LogP) is 2.25. The van der Waals surface area contributed by atoms with Crippen LogP contribution in [0.2, 0.25) is 0 Å². The number of hydrazone groups is 1. The number of fused-ring (bicyclic) bond motifs is 1. The quantitative estimate of drug-likeness (QED) is 0.898. The van der Waals surface area contributed by atoms with E-state index in [1.807, 2.05) is 31.2 Å². The molecule has 2 aliphatic rings. The Hall–Kier alpha value is -2.49. The summed E-state index contributed by atoms with van der Waals surface area (Å²) in [5.74, 6) is 0.945. The van der Waals surface area contributed by atoms with Gasteiger partial charge in [0.2, 0.25) is 0 Å². The van der Waals surface area contributed by atoms with E-state index in [2.05, 4.69) is 11.2 Å². The van der Waals surface area contributed by atoms with Crippen molar-refractivity contribution in [1.29, 1.82) is 5.26 Å². The first-order chi connectivity index (χ1) is 10.7. The Bertz CT molecular complexity index is 762. The van der Waals surface area contributed by atoms with E-state index in [1.54, 1.807) is 12.1 Å². The fraction of sp³-hybridized carbons (Fsp3) is 0.250. The number of para-hydroxylation sites is 1. The molecule has 0 aromatic heterocycles. The Morgan fingerprint density at radius 3 is 2.91 bits per heavy atom. The van der Waals surface area contributed by atoms with E-state index in [-0.39, 0.29) is 12.4 Å². The van der Waals surface area contributed by atoms with Crippen molar-refractivity contribution in [2.45, 2.75) is 6.92 Å². The Morgan fingerprint density at radius 2 is 2.22 bits per heavy atom. The maximum absolute atomic E-state index is 9.48. The lowest BCUT2D eigenvalue weighted by Gasteiger charge is -2.30. The lowest BCUT2D eigenvalue weighted by atomic mass is 9.99. The van der Waals surface area contributed by atoms with Crippen molar-refractivity contribution in [1.82, 2.24) is 0 Å². The summed E-state index contributed by atoms with van der Waals surface area (Å²) in [5.41, 5.74) is 9.76. The molecule has 0 fully saturated rings. The summed E-state index contributed by atoms with van der Waals surface area (Å²) >= 11 is 0. The van der Waals surface area contributed by atoms with Crippen molar-refractivity contribution in [3.63, 3.8) is 0 Å². The number of allylic oxidation sites excluding steroid dienone is 1. The minimum absolute atomic E-state index is 0. The molecule has 7 heteroatoms. The standard InChI is InChI=1S/C16H16N4O2.ClH/c1-10-4-3-5-14(21-2)15(10)20-16(18)12(8-17)11-6-7-22-9-13(11)19-20;/h3-6H,7,9,18H2,1-2H3;1H. The molecule has 3 rings (SSSR count). The van der Waals surface area contributed by atoms with Gasteiger partial charge in [-0.05, 0) is 24.6 Å². The van der Waals surface area contributed by atoms with Crippen LogP contribution in [-0.4, -0.2) is 26.0 Å². The average molecular weight is 333 g/mol. The second kappa shape index (κ2) is 6.73. The number of nitriles is 1. The minimum Gasteiger partial charge on any atom is -0.494 e. The smallest absolute Gasteiger partial charge is 0.144 e. The van der Waals surface area contributed by atoms with Crippen molar-refractivity contribution in [3.8, 4) is 11.8 Å². The van der Waals surface area contributed by atoms with E-state index in [1.165, 1.54) is 0 Å². The van der Waals surface area contributed by atoms with Crippen LogP contribution in [0, 0.1) is 18.3 Å². The average Bonchev–Trinajstić information content (AvgIpc) is 2.54. The molecule has 2 heterocycles. The van der Waals surface area contributed by atoms with Gasteiger partial charge in [0, 0.05) is 5.57 Å². The third kappa shape index (κ3) is 2.77. The topological polar surface area (TPSA) is 83.9 Å². The third-order valence-electron chi connectivity index (χ3n) is 3.67. The molecule has 0 bridgehead atoms. The molecule has 1 aromatic carbocycles. The number of hydrogen-bond donors (Lipinski definition) is 1. The summed E-state index contributed by atoms with van der Waals surface area (Å²) in [4.78, 5) is 0. The van der Waals surface area contributed by atoms with Crippen molar-refractivity contribution in [2.75, 3.05) is 25.3 Å².